The zero-order valence-corrected chi connectivity index (χ0v) is 10.4. The first-order chi connectivity index (χ1) is 7.53. The molecule has 1 fully saturated rings. The van der Waals surface area contributed by atoms with E-state index in [0.717, 1.165) is 0 Å². The molecule has 0 heterocycles. The van der Waals surface area contributed by atoms with Crippen LogP contribution in [-0.2, 0) is 19.4 Å². The number of esters is 1. The average Bonchev–Trinajstić information content (AvgIpc) is 2.95. The van der Waals surface area contributed by atoms with Crippen LogP contribution in [0.15, 0.2) is 0 Å². The van der Waals surface area contributed by atoms with Crippen LogP contribution in [0.1, 0.15) is 26.2 Å². The third-order valence-electron chi connectivity index (χ3n) is 2.29. The molecule has 1 saturated carbocycles. The zero-order chi connectivity index (χ0) is 12.0. The molecular weight excluding hydrogens is 230 g/mol. The Balaban J connectivity index is 2.14. The monoisotopic (exact) mass is 249 g/mol. The first-order valence-corrected chi connectivity index (χ1v) is 7.45. The third-order valence-corrected chi connectivity index (χ3v) is 3.87. The quantitative estimate of drug-likeness (QED) is 0.488. The van der Waals surface area contributed by atoms with E-state index < -0.39 is 21.6 Å². The number of sulfone groups is 1. The molecule has 0 aromatic carbocycles. The minimum absolute atomic E-state index is 0.0472. The van der Waals surface area contributed by atoms with E-state index in [1.807, 2.05) is 0 Å². The van der Waals surface area contributed by atoms with E-state index >= 15 is 0 Å². The van der Waals surface area contributed by atoms with Gasteiger partial charge in [-0.05, 0) is 32.7 Å². The fourth-order valence-corrected chi connectivity index (χ4v) is 2.51. The summed E-state index contributed by atoms with van der Waals surface area (Å²) >= 11 is 0. The van der Waals surface area contributed by atoms with Crippen molar-refractivity contribution in [3.05, 3.63) is 0 Å². The van der Waals surface area contributed by atoms with Gasteiger partial charge in [0.15, 0.2) is 9.84 Å². The maximum Gasteiger partial charge on any atom is 0.321 e. The van der Waals surface area contributed by atoms with E-state index in [0.29, 0.717) is 19.0 Å². The molecule has 0 bridgehead atoms. The summed E-state index contributed by atoms with van der Waals surface area (Å²) in [6.07, 6.45) is 2.93. The van der Waals surface area contributed by atoms with Crippen LogP contribution in [0.4, 0.5) is 0 Å². The molecular formula is C10H19NO4S. The summed E-state index contributed by atoms with van der Waals surface area (Å²) in [6, 6.07) is 0.591. The Hall–Kier alpha value is -0.620. The summed E-state index contributed by atoms with van der Waals surface area (Å²) in [4.78, 5) is 11.0. The second kappa shape index (κ2) is 6.20. The maximum atomic E-state index is 11.4. The van der Waals surface area contributed by atoms with E-state index in [1.165, 1.54) is 12.8 Å². The Morgan fingerprint density at radius 1 is 1.44 bits per heavy atom. The Kier molecular flexibility index (Phi) is 5.21. The van der Waals surface area contributed by atoms with Gasteiger partial charge in [-0.15, -0.1) is 0 Å². The SMILES string of the molecule is CCOC(=O)CS(=O)(=O)CCCNC1CC1. The van der Waals surface area contributed by atoms with Gasteiger partial charge in [-0.2, -0.15) is 0 Å². The summed E-state index contributed by atoms with van der Waals surface area (Å²) < 4.78 is 27.5. The first kappa shape index (κ1) is 13.4. The number of hydrogen-bond donors (Lipinski definition) is 1. The molecule has 0 aliphatic heterocycles. The Morgan fingerprint density at radius 2 is 2.12 bits per heavy atom. The van der Waals surface area contributed by atoms with Crippen molar-refractivity contribution in [3.8, 4) is 0 Å². The molecule has 5 nitrogen and oxygen atoms in total. The number of carbonyl (C=O) groups excluding carboxylic acids is 1. The summed E-state index contributed by atoms with van der Waals surface area (Å²) in [5, 5.41) is 3.23. The molecule has 0 unspecified atom stereocenters. The van der Waals surface area contributed by atoms with Crippen molar-refractivity contribution in [1.82, 2.24) is 5.32 Å². The van der Waals surface area contributed by atoms with Crippen LogP contribution in [-0.4, -0.2) is 45.1 Å². The molecule has 16 heavy (non-hydrogen) atoms. The molecule has 0 radical (unpaired) electrons. The van der Waals surface area contributed by atoms with Crippen LogP contribution < -0.4 is 5.32 Å². The topological polar surface area (TPSA) is 72.5 Å². The number of nitrogens with one attached hydrogen (secondary N) is 1. The van der Waals surface area contributed by atoms with Crippen LogP contribution in [0, 0.1) is 0 Å². The molecule has 6 heteroatoms. The van der Waals surface area contributed by atoms with Crippen LogP contribution in [0.5, 0.6) is 0 Å². The highest BCUT2D eigenvalue weighted by atomic mass is 32.2. The van der Waals surface area contributed by atoms with Gasteiger partial charge in [-0.25, -0.2) is 8.42 Å². The van der Waals surface area contributed by atoms with Gasteiger partial charge in [0.05, 0.1) is 12.4 Å². The number of hydrogen-bond acceptors (Lipinski definition) is 5. The second-order valence-electron chi connectivity index (χ2n) is 3.98. The van der Waals surface area contributed by atoms with Gasteiger partial charge in [-0.3, -0.25) is 4.79 Å². The van der Waals surface area contributed by atoms with Crippen molar-refractivity contribution in [2.45, 2.75) is 32.2 Å². The summed E-state index contributed by atoms with van der Waals surface area (Å²) in [6.45, 7) is 2.58. The number of rotatable bonds is 8. The van der Waals surface area contributed by atoms with Gasteiger partial charge < -0.3 is 10.1 Å². The summed E-state index contributed by atoms with van der Waals surface area (Å²) in [7, 11) is -3.30. The molecule has 0 atom stereocenters. The molecule has 0 amide bonds. The molecule has 0 aromatic heterocycles. The molecule has 0 spiro atoms. The van der Waals surface area contributed by atoms with Gasteiger partial charge >= 0.3 is 5.97 Å². The van der Waals surface area contributed by atoms with Gasteiger partial charge in [0.1, 0.15) is 5.75 Å². The lowest BCUT2D eigenvalue weighted by molar-refractivity contribution is -0.139. The predicted molar refractivity (Wildman–Crippen MR) is 60.9 cm³/mol. The summed E-state index contributed by atoms with van der Waals surface area (Å²) in [5.74, 6) is -1.10. The third kappa shape index (κ3) is 6.07. The zero-order valence-electron chi connectivity index (χ0n) is 9.57. The summed E-state index contributed by atoms with van der Waals surface area (Å²) in [5.41, 5.74) is 0. The highest BCUT2D eigenvalue weighted by Gasteiger charge is 2.21. The Morgan fingerprint density at radius 3 is 2.69 bits per heavy atom. The molecule has 0 aromatic rings. The minimum atomic E-state index is -3.30. The van der Waals surface area contributed by atoms with E-state index in [-0.39, 0.29) is 12.4 Å². The van der Waals surface area contributed by atoms with E-state index in [1.54, 1.807) is 6.92 Å². The first-order valence-electron chi connectivity index (χ1n) is 5.63. The van der Waals surface area contributed by atoms with Crippen molar-refractivity contribution >= 4 is 15.8 Å². The molecule has 0 saturated heterocycles. The fraction of sp³-hybridized carbons (Fsp3) is 0.900. The normalized spacial score (nSPS) is 16.1. The lowest BCUT2D eigenvalue weighted by atomic mass is 10.5. The van der Waals surface area contributed by atoms with Crippen LogP contribution in [0.25, 0.3) is 0 Å². The average molecular weight is 249 g/mol. The lowest BCUT2D eigenvalue weighted by Crippen LogP contribution is -2.24. The smallest absolute Gasteiger partial charge is 0.321 e. The lowest BCUT2D eigenvalue weighted by Gasteiger charge is -2.05. The van der Waals surface area contributed by atoms with Gasteiger partial charge in [-0.1, -0.05) is 0 Å². The highest BCUT2D eigenvalue weighted by molar-refractivity contribution is 7.92. The maximum absolute atomic E-state index is 11.4. The van der Waals surface area contributed by atoms with Gasteiger partial charge in [0.2, 0.25) is 0 Å². The van der Waals surface area contributed by atoms with Gasteiger partial charge in [0.25, 0.3) is 0 Å². The Labute approximate surface area is 96.5 Å². The van der Waals surface area contributed by atoms with Crippen molar-refractivity contribution in [3.63, 3.8) is 0 Å². The number of ether oxygens (including phenoxy) is 1. The van der Waals surface area contributed by atoms with Crippen LogP contribution in [0.3, 0.4) is 0 Å². The van der Waals surface area contributed by atoms with E-state index in [9.17, 15) is 13.2 Å². The van der Waals surface area contributed by atoms with Crippen LogP contribution in [0.2, 0.25) is 0 Å². The molecule has 94 valence electrons. The van der Waals surface area contributed by atoms with Crippen molar-refractivity contribution in [1.29, 1.82) is 0 Å². The van der Waals surface area contributed by atoms with E-state index in [4.69, 9.17) is 0 Å². The van der Waals surface area contributed by atoms with Crippen molar-refractivity contribution < 1.29 is 17.9 Å². The van der Waals surface area contributed by atoms with Gasteiger partial charge in [0, 0.05) is 6.04 Å². The highest BCUT2D eigenvalue weighted by Crippen LogP contribution is 2.18. The van der Waals surface area contributed by atoms with E-state index in [2.05, 4.69) is 10.1 Å². The predicted octanol–water partition coefficient (Wildman–Crippen LogP) is 0.106. The standard InChI is InChI=1S/C10H19NO4S/c1-2-15-10(12)8-16(13,14)7-3-6-11-9-4-5-9/h9,11H,2-8H2,1H3. The second-order valence-corrected chi connectivity index (χ2v) is 6.16. The largest absolute Gasteiger partial charge is 0.465 e. The number of carbonyl (C=O) groups is 1. The minimum Gasteiger partial charge on any atom is -0.465 e. The molecule has 1 rings (SSSR count). The molecule has 1 aliphatic carbocycles. The molecule has 1 N–H and O–H groups in total. The van der Waals surface area contributed by atoms with Crippen LogP contribution >= 0.6 is 0 Å². The Bertz CT molecular complexity index is 322. The van der Waals surface area contributed by atoms with Crippen molar-refractivity contribution in [2.24, 2.45) is 0 Å². The fourth-order valence-electron chi connectivity index (χ4n) is 1.34. The molecule has 1 aliphatic rings. The van der Waals surface area contributed by atoms with Crippen molar-refractivity contribution in [2.75, 3.05) is 24.7 Å².